The summed E-state index contributed by atoms with van der Waals surface area (Å²) in [6.45, 7) is 2.47. The Morgan fingerprint density at radius 2 is 2.14 bits per heavy atom. The minimum absolute atomic E-state index is 0.0327. The van der Waals surface area contributed by atoms with E-state index in [1.54, 1.807) is 4.90 Å². The Morgan fingerprint density at radius 3 is 2.81 bits per heavy atom. The van der Waals surface area contributed by atoms with Gasteiger partial charge >= 0.3 is 5.97 Å². The van der Waals surface area contributed by atoms with Crippen molar-refractivity contribution < 1.29 is 14.7 Å². The first-order chi connectivity index (χ1) is 10.0. The summed E-state index contributed by atoms with van der Waals surface area (Å²) in [7, 11) is 0. The van der Waals surface area contributed by atoms with Gasteiger partial charge in [0.25, 0.3) is 0 Å². The number of hydrogen-bond donors (Lipinski definition) is 2. The van der Waals surface area contributed by atoms with E-state index in [1.807, 2.05) is 24.3 Å². The second-order valence-electron chi connectivity index (χ2n) is 5.55. The number of hydrogen-bond acceptors (Lipinski definition) is 3. The number of para-hydroxylation sites is 1. The van der Waals surface area contributed by atoms with E-state index >= 15 is 0 Å². The lowest BCUT2D eigenvalue weighted by Crippen LogP contribution is -2.43. The SMILES string of the molecule is CCCC[C@H](N)C(=O)N1CC(CC(=O)O)c2ccccc21. The molecule has 1 heterocycles. The molecule has 1 aliphatic heterocycles. The molecule has 0 bridgehead atoms. The Morgan fingerprint density at radius 1 is 1.43 bits per heavy atom. The van der Waals surface area contributed by atoms with Crippen molar-refractivity contribution in [3.8, 4) is 0 Å². The lowest BCUT2D eigenvalue weighted by molar-refractivity contribution is -0.137. The molecule has 1 amide bonds. The predicted octanol–water partition coefficient (Wildman–Crippen LogP) is 2.11. The molecular weight excluding hydrogens is 268 g/mol. The van der Waals surface area contributed by atoms with Gasteiger partial charge in [-0.3, -0.25) is 9.59 Å². The lowest BCUT2D eigenvalue weighted by atomic mass is 9.98. The van der Waals surface area contributed by atoms with Crippen molar-refractivity contribution in [1.82, 2.24) is 0 Å². The summed E-state index contributed by atoms with van der Waals surface area (Å²) in [4.78, 5) is 25.1. The summed E-state index contributed by atoms with van der Waals surface area (Å²) in [5, 5.41) is 9.02. The number of aliphatic carboxylic acids is 1. The fourth-order valence-electron chi connectivity index (χ4n) is 2.84. The van der Waals surface area contributed by atoms with Gasteiger partial charge in [-0.05, 0) is 18.1 Å². The highest BCUT2D eigenvalue weighted by atomic mass is 16.4. The molecule has 1 aromatic rings. The van der Waals surface area contributed by atoms with Gasteiger partial charge < -0.3 is 15.7 Å². The van der Waals surface area contributed by atoms with E-state index in [1.165, 1.54) is 0 Å². The molecule has 0 spiro atoms. The van der Waals surface area contributed by atoms with Crippen LogP contribution in [0.4, 0.5) is 5.69 Å². The number of fused-ring (bicyclic) bond motifs is 1. The molecular formula is C16H22N2O3. The highest BCUT2D eigenvalue weighted by Crippen LogP contribution is 2.38. The summed E-state index contributed by atoms with van der Waals surface area (Å²) in [5.41, 5.74) is 7.71. The van der Waals surface area contributed by atoms with Crippen LogP contribution in [0.2, 0.25) is 0 Å². The Balaban J connectivity index is 2.18. The van der Waals surface area contributed by atoms with Crippen molar-refractivity contribution >= 4 is 17.6 Å². The van der Waals surface area contributed by atoms with Gasteiger partial charge in [0.05, 0.1) is 12.5 Å². The zero-order valence-corrected chi connectivity index (χ0v) is 12.3. The Hall–Kier alpha value is -1.88. The molecule has 3 N–H and O–H groups in total. The molecule has 0 radical (unpaired) electrons. The number of carbonyl (C=O) groups is 2. The van der Waals surface area contributed by atoms with Crippen LogP contribution >= 0.6 is 0 Å². The standard InChI is InChI=1S/C16H22N2O3/c1-2-3-7-13(17)16(21)18-10-11(9-15(19)20)12-6-4-5-8-14(12)18/h4-6,8,11,13H,2-3,7,9-10,17H2,1H3,(H,19,20)/t11?,13-/m0/s1. The van der Waals surface area contributed by atoms with Crippen LogP contribution in [-0.4, -0.2) is 29.6 Å². The maximum atomic E-state index is 12.5. The van der Waals surface area contributed by atoms with E-state index in [9.17, 15) is 9.59 Å². The average Bonchev–Trinajstić information content (AvgIpc) is 2.82. The Kier molecular flexibility index (Phi) is 4.96. The molecule has 5 heteroatoms. The molecule has 114 valence electrons. The third-order valence-electron chi connectivity index (χ3n) is 3.94. The van der Waals surface area contributed by atoms with Gasteiger partial charge in [0, 0.05) is 18.2 Å². The third kappa shape index (κ3) is 3.42. The Labute approximate surface area is 124 Å². The van der Waals surface area contributed by atoms with Crippen molar-refractivity contribution in [3.05, 3.63) is 29.8 Å². The minimum atomic E-state index is -0.848. The van der Waals surface area contributed by atoms with Gasteiger partial charge in [0.2, 0.25) is 5.91 Å². The highest BCUT2D eigenvalue weighted by Gasteiger charge is 2.34. The largest absolute Gasteiger partial charge is 0.481 e. The second-order valence-corrected chi connectivity index (χ2v) is 5.55. The van der Waals surface area contributed by atoms with Crippen molar-refractivity contribution in [1.29, 1.82) is 0 Å². The number of nitrogens with zero attached hydrogens (tertiary/aromatic N) is 1. The third-order valence-corrected chi connectivity index (χ3v) is 3.94. The maximum absolute atomic E-state index is 12.5. The summed E-state index contributed by atoms with van der Waals surface area (Å²) in [6.07, 6.45) is 2.61. The van der Waals surface area contributed by atoms with Crippen molar-refractivity contribution in [2.24, 2.45) is 5.73 Å². The van der Waals surface area contributed by atoms with Crippen LogP contribution < -0.4 is 10.6 Å². The van der Waals surface area contributed by atoms with Crippen molar-refractivity contribution in [2.45, 2.75) is 44.6 Å². The lowest BCUT2D eigenvalue weighted by Gasteiger charge is -2.22. The topological polar surface area (TPSA) is 83.6 Å². The average molecular weight is 290 g/mol. The monoisotopic (exact) mass is 290 g/mol. The Bertz CT molecular complexity index is 530. The van der Waals surface area contributed by atoms with E-state index in [0.717, 1.165) is 24.1 Å². The molecule has 21 heavy (non-hydrogen) atoms. The number of unbranched alkanes of at least 4 members (excludes halogenated alkanes) is 1. The number of carboxylic acid groups (broad SMARTS) is 1. The van der Waals surface area contributed by atoms with Gasteiger partial charge in [-0.25, -0.2) is 0 Å². The fourth-order valence-corrected chi connectivity index (χ4v) is 2.84. The number of anilines is 1. The number of carbonyl (C=O) groups excluding carboxylic acids is 1. The van der Waals surface area contributed by atoms with Crippen LogP contribution in [-0.2, 0) is 9.59 Å². The van der Waals surface area contributed by atoms with E-state index in [4.69, 9.17) is 10.8 Å². The van der Waals surface area contributed by atoms with Crippen molar-refractivity contribution in [3.63, 3.8) is 0 Å². The molecule has 1 aliphatic rings. The van der Waals surface area contributed by atoms with E-state index < -0.39 is 12.0 Å². The first kappa shape index (κ1) is 15.5. The van der Waals surface area contributed by atoms with E-state index in [2.05, 4.69) is 6.92 Å². The van der Waals surface area contributed by atoms with Crippen LogP contribution in [0.15, 0.2) is 24.3 Å². The molecule has 5 nitrogen and oxygen atoms in total. The predicted molar refractivity (Wildman–Crippen MR) is 81.3 cm³/mol. The van der Waals surface area contributed by atoms with Gasteiger partial charge in [0.1, 0.15) is 0 Å². The molecule has 2 rings (SSSR count). The van der Waals surface area contributed by atoms with Gasteiger partial charge in [-0.2, -0.15) is 0 Å². The minimum Gasteiger partial charge on any atom is -0.481 e. The van der Waals surface area contributed by atoms with Crippen LogP contribution in [0.1, 0.15) is 44.1 Å². The number of rotatable bonds is 6. The molecule has 1 aromatic carbocycles. The molecule has 0 aliphatic carbocycles. The quantitative estimate of drug-likeness (QED) is 0.840. The maximum Gasteiger partial charge on any atom is 0.304 e. The van der Waals surface area contributed by atoms with Crippen molar-refractivity contribution in [2.75, 3.05) is 11.4 Å². The van der Waals surface area contributed by atoms with Crippen LogP contribution in [0, 0.1) is 0 Å². The van der Waals surface area contributed by atoms with Crippen LogP contribution in [0.25, 0.3) is 0 Å². The zero-order valence-electron chi connectivity index (χ0n) is 12.3. The molecule has 0 saturated heterocycles. The number of amides is 1. The first-order valence-electron chi connectivity index (χ1n) is 7.42. The number of nitrogens with two attached hydrogens (primary N) is 1. The summed E-state index contributed by atoms with van der Waals surface area (Å²) >= 11 is 0. The first-order valence-corrected chi connectivity index (χ1v) is 7.42. The normalized spacial score (nSPS) is 18.4. The van der Waals surface area contributed by atoms with Gasteiger partial charge in [-0.1, -0.05) is 38.0 Å². The smallest absolute Gasteiger partial charge is 0.304 e. The highest BCUT2D eigenvalue weighted by molar-refractivity contribution is 5.99. The number of benzene rings is 1. The molecule has 0 saturated carbocycles. The van der Waals surface area contributed by atoms with Gasteiger partial charge in [-0.15, -0.1) is 0 Å². The number of carboxylic acids is 1. The zero-order chi connectivity index (χ0) is 15.4. The van der Waals surface area contributed by atoms with Gasteiger partial charge in [0.15, 0.2) is 0 Å². The summed E-state index contributed by atoms with van der Waals surface area (Å²) in [6, 6.07) is 6.98. The van der Waals surface area contributed by atoms with Crippen LogP contribution in [0.3, 0.4) is 0 Å². The molecule has 1 unspecified atom stereocenters. The summed E-state index contributed by atoms with van der Waals surface area (Å²) < 4.78 is 0. The fraction of sp³-hybridized carbons (Fsp3) is 0.500. The second kappa shape index (κ2) is 6.72. The molecule has 2 atom stereocenters. The summed E-state index contributed by atoms with van der Waals surface area (Å²) in [5.74, 6) is -1.11. The molecule has 0 aromatic heterocycles. The van der Waals surface area contributed by atoms with E-state index in [0.29, 0.717) is 13.0 Å². The van der Waals surface area contributed by atoms with E-state index in [-0.39, 0.29) is 18.2 Å². The molecule has 0 fully saturated rings. The van der Waals surface area contributed by atoms with Crippen LogP contribution in [0.5, 0.6) is 0 Å².